The zero-order valence-electron chi connectivity index (χ0n) is 28.8. The molecular weight excluding hydrogens is 736 g/mol. The molecule has 1 saturated heterocycles. The standard InChI is InChI=1S/C36H38Cl2FN3O8S.CH4/c1-7-35(8-2,32(44)41-51(6,47)48)50-29-14-11-21(37)15-25(29)27-18-30(43)40-31(24-17-23(39)12-9-20(24)5)36(27)26-13-10-22(38)16-28(26)42(33(36)45)34(46)49-19(3)4;/h9-17,19,27,31H,7-8,18H2,1-6H3,(H,40,43)(H,41,44);1H4/t27-,31+,36-;/m1./s1. The number of anilines is 1. The summed E-state index contributed by atoms with van der Waals surface area (Å²) < 4.78 is 53.3. The molecule has 1 spiro atoms. The fraction of sp³-hybridized carbons (Fsp3) is 0.405. The van der Waals surface area contributed by atoms with Gasteiger partial charge < -0.3 is 14.8 Å². The van der Waals surface area contributed by atoms with E-state index in [0.29, 0.717) is 5.56 Å². The highest BCUT2D eigenvalue weighted by Gasteiger charge is 2.65. The predicted octanol–water partition coefficient (Wildman–Crippen LogP) is 7.26. The molecule has 15 heteroatoms. The Labute approximate surface area is 313 Å². The number of benzene rings is 3. The molecule has 0 unspecified atom stereocenters. The summed E-state index contributed by atoms with van der Waals surface area (Å²) in [6, 6.07) is 11.8. The van der Waals surface area contributed by atoms with E-state index in [9.17, 15) is 22.8 Å². The monoisotopic (exact) mass is 777 g/mol. The molecule has 280 valence electrons. The van der Waals surface area contributed by atoms with Gasteiger partial charge in [0.25, 0.3) is 5.91 Å². The van der Waals surface area contributed by atoms with Gasteiger partial charge >= 0.3 is 6.09 Å². The number of fused-ring (bicyclic) bond motifs is 2. The summed E-state index contributed by atoms with van der Waals surface area (Å²) >= 11 is 13.0. The number of ether oxygens (including phenoxy) is 2. The van der Waals surface area contributed by atoms with Crippen LogP contribution in [-0.2, 0) is 34.6 Å². The van der Waals surface area contributed by atoms with Crippen molar-refractivity contribution >= 4 is 62.7 Å². The van der Waals surface area contributed by atoms with E-state index >= 15 is 9.18 Å². The molecular formula is C37H42Cl2FN3O8S. The van der Waals surface area contributed by atoms with Crippen LogP contribution in [0.4, 0.5) is 14.9 Å². The van der Waals surface area contributed by atoms with Gasteiger partial charge in [-0.05, 0) is 92.8 Å². The van der Waals surface area contributed by atoms with Crippen molar-refractivity contribution in [1.82, 2.24) is 10.0 Å². The van der Waals surface area contributed by atoms with E-state index in [-0.39, 0.29) is 64.9 Å². The summed E-state index contributed by atoms with van der Waals surface area (Å²) in [7, 11) is -3.98. The highest BCUT2D eigenvalue weighted by molar-refractivity contribution is 7.89. The maximum atomic E-state index is 15.3. The summed E-state index contributed by atoms with van der Waals surface area (Å²) in [5.41, 5.74) is -2.17. The molecule has 0 aliphatic carbocycles. The van der Waals surface area contributed by atoms with Crippen LogP contribution in [0.1, 0.15) is 88.6 Å². The van der Waals surface area contributed by atoms with Crippen LogP contribution in [0.15, 0.2) is 54.6 Å². The predicted molar refractivity (Wildman–Crippen MR) is 197 cm³/mol. The van der Waals surface area contributed by atoms with Crippen LogP contribution in [0.25, 0.3) is 0 Å². The van der Waals surface area contributed by atoms with E-state index in [2.05, 4.69) is 5.32 Å². The Hall–Kier alpha value is -4.20. The van der Waals surface area contributed by atoms with E-state index in [0.717, 1.165) is 11.2 Å². The van der Waals surface area contributed by atoms with Gasteiger partial charge in [0, 0.05) is 27.9 Å². The Bertz CT molecular complexity index is 2040. The number of sulfonamides is 1. The lowest BCUT2D eigenvalue weighted by Crippen LogP contribution is -2.59. The van der Waals surface area contributed by atoms with Crippen LogP contribution >= 0.6 is 23.2 Å². The van der Waals surface area contributed by atoms with Gasteiger partial charge in [0.15, 0.2) is 5.60 Å². The van der Waals surface area contributed by atoms with Crippen LogP contribution in [0, 0.1) is 12.7 Å². The Morgan fingerprint density at radius 3 is 2.29 bits per heavy atom. The van der Waals surface area contributed by atoms with E-state index in [1.807, 2.05) is 4.72 Å². The van der Waals surface area contributed by atoms with Crippen molar-refractivity contribution in [2.75, 3.05) is 11.2 Å². The number of piperidine rings is 1. The summed E-state index contributed by atoms with van der Waals surface area (Å²) in [5.74, 6) is -3.97. The molecule has 0 radical (unpaired) electrons. The molecule has 0 bridgehead atoms. The largest absolute Gasteiger partial charge is 0.477 e. The lowest BCUT2D eigenvalue weighted by Gasteiger charge is -2.47. The van der Waals surface area contributed by atoms with E-state index in [1.54, 1.807) is 46.8 Å². The number of hydrogen-bond donors (Lipinski definition) is 2. The first-order valence-electron chi connectivity index (χ1n) is 16.3. The third-order valence-corrected chi connectivity index (χ3v) is 10.5. The van der Waals surface area contributed by atoms with Crippen LogP contribution in [0.2, 0.25) is 10.0 Å². The Morgan fingerprint density at radius 2 is 1.67 bits per heavy atom. The molecule has 1 fully saturated rings. The van der Waals surface area contributed by atoms with Crippen molar-refractivity contribution in [3.05, 3.63) is 92.7 Å². The number of rotatable bonds is 9. The first-order valence-corrected chi connectivity index (χ1v) is 18.9. The van der Waals surface area contributed by atoms with E-state index in [4.69, 9.17) is 32.7 Å². The third-order valence-electron chi connectivity index (χ3n) is 9.46. The van der Waals surface area contributed by atoms with Crippen molar-refractivity contribution in [3.63, 3.8) is 0 Å². The second-order valence-electron chi connectivity index (χ2n) is 13.1. The molecule has 11 nitrogen and oxygen atoms in total. The second kappa shape index (κ2) is 15.0. The summed E-state index contributed by atoms with van der Waals surface area (Å²) in [6.45, 7) is 8.25. The summed E-state index contributed by atoms with van der Waals surface area (Å²) in [6.07, 6.45) is -1.04. The number of aryl methyl sites for hydroxylation is 1. The zero-order chi connectivity index (χ0) is 37.6. The number of nitrogens with zero attached hydrogens (tertiary/aromatic N) is 1. The summed E-state index contributed by atoms with van der Waals surface area (Å²) in [5, 5.41) is 3.32. The molecule has 0 aromatic heterocycles. The molecule has 2 heterocycles. The number of nitrogens with one attached hydrogen (secondary N) is 2. The molecule has 4 amide bonds. The maximum Gasteiger partial charge on any atom is 0.421 e. The zero-order valence-corrected chi connectivity index (χ0v) is 31.1. The quantitative estimate of drug-likeness (QED) is 0.231. The number of carbonyl (C=O) groups is 4. The van der Waals surface area contributed by atoms with Crippen molar-refractivity contribution in [1.29, 1.82) is 0 Å². The maximum absolute atomic E-state index is 15.3. The fourth-order valence-electron chi connectivity index (χ4n) is 7.10. The van der Waals surface area contributed by atoms with E-state index in [1.165, 1.54) is 42.5 Å². The van der Waals surface area contributed by atoms with Crippen molar-refractivity contribution in [2.24, 2.45) is 0 Å². The molecule has 2 aliphatic rings. The average Bonchev–Trinajstić information content (AvgIpc) is 3.28. The number of amides is 4. The highest BCUT2D eigenvalue weighted by Crippen LogP contribution is 2.61. The fourth-order valence-corrected chi connectivity index (χ4v) is 7.97. The van der Waals surface area contributed by atoms with Gasteiger partial charge in [-0.3, -0.25) is 14.4 Å². The van der Waals surface area contributed by atoms with Crippen LogP contribution in [0.5, 0.6) is 5.75 Å². The molecule has 5 rings (SSSR count). The van der Waals surface area contributed by atoms with Gasteiger partial charge in [-0.2, -0.15) is 0 Å². The van der Waals surface area contributed by atoms with Crippen molar-refractivity contribution in [3.8, 4) is 5.75 Å². The molecule has 3 aromatic rings. The lowest BCUT2D eigenvalue weighted by atomic mass is 9.58. The molecule has 2 aliphatic heterocycles. The topological polar surface area (TPSA) is 148 Å². The minimum atomic E-state index is -3.98. The Balaban J connectivity index is 0.00000605. The minimum Gasteiger partial charge on any atom is -0.477 e. The lowest BCUT2D eigenvalue weighted by molar-refractivity contribution is -0.136. The molecule has 2 N–H and O–H groups in total. The first kappa shape index (κ1) is 40.6. The summed E-state index contributed by atoms with van der Waals surface area (Å²) in [4.78, 5) is 57.3. The van der Waals surface area contributed by atoms with Crippen molar-refractivity contribution < 1.29 is 41.5 Å². The number of hydrogen-bond acceptors (Lipinski definition) is 8. The van der Waals surface area contributed by atoms with Gasteiger partial charge in [0.05, 0.1) is 24.1 Å². The van der Waals surface area contributed by atoms with Gasteiger partial charge in [0.2, 0.25) is 21.8 Å². The highest BCUT2D eigenvalue weighted by atomic mass is 35.5. The third kappa shape index (κ3) is 7.22. The van der Waals surface area contributed by atoms with Crippen molar-refractivity contribution in [2.45, 2.75) is 90.4 Å². The van der Waals surface area contributed by atoms with Crippen LogP contribution in [0.3, 0.4) is 0 Å². The van der Waals surface area contributed by atoms with Gasteiger partial charge in [-0.15, -0.1) is 0 Å². The van der Waals surface area contributed by atoms with Crippen LogP contribution in [-0.4, -0.2) is 50.2 Å². The Kier molecular flexibility index (Phi) is 11.7. The smallest absolute Gasteiger partial charge is 0.421 e. The van der Waals surface area contributed by atoms with Gasteiger partial charge in [-0.1, -0.05) is 56.6 Å². The molecule has 52 heavy (non-hydrogen) atoms. The van der Waals surface area contributed by atoms with Crippen LogP contribution < -0.4 is 19.7 Å². The Morgan fingerprint density at radius 1 is 1.04 bits per heavy atom. The van der Waals surface area contributed by atoms with Gasteiger partial charge in [0.1, 0.15) is 17.0 Å². The number of imide groups is 1. The molecule has 3 aromatic carbocycles. The second-order valence-corrected chi connectivity index (χ2v) is 15.7. The molecule has 3 atom stereocenters. The molecule has 0 saturated carbocycles. The number of halogens is 3. The SMILES string of the molecule is C.CCC(CC)(Oc1ccc(Cl)cc1[C@H]1CC(=O)N[C@@H](c2cc(F)ccc2C)[C@]12C(=O)N(C(=O)OC(C)C)c1cc(Cl)ccc12)C(=O)NS(C)(=O)=O. The number of carbonyl (C=O) groups excluding carboxylic acids is 4. The average molecular weight is 779 g/mol. The van der Waals surface area contributed by atoms with Gasteiger partial charge in [-0.25, -0.2) is 27.2 Å². The first-order chi connectivity index (χ1) is 23.9. The normalized spacial score (nSPS) is 19.9. The minimum absolute atomic E-state index is 0. The van der Waals surface area contributed by atoms with E-state index < -0.39 is 68.7 Å².